The molecule has 1 fully saturated rings. The molecule has 0 atom stereocenters. The summed E-state index contributed by atoms with van der Waals surface area (Å²) in [5, 5.41) is 7.89. The Kier molecular flexibility index (Phi) is 6.91. The first-order valence-corrected chi connectivity index (χ1v) is 13.6. The second-order valence-electron chi connectivity index (χ2n) is 9.48. The van der Waals surface area contributed by atoms with Gasteiger partial charge in [-0.15, -0.1) is 11.3 Å². The molecule has 10 heteroatoms. The van der Waals surface area contributed by atoms with Crippen molar-refractivity contribution in [2.75, 3.05) is 25.0 Å². The van der Waals surface area contributed by atoms with Crippen LogP contribution in [0.4, 0.5) is 11.1 Å². The topological polar surface area (TPSA) is 111 Å². The number of nitrogens with one attached hydrogen (secondary N) is 2. The molecule has 0 saturated heterocycles. The molecule has 2 heterocycles. The summed E-state index contributed by atoms with van der Waals surface area (Å²) >= 11 is 1.47. The number of aromatic nitrogens is 2. The summed E-state index contributed by atoms with van der Waals surface area (Å²) in [5.74, 6) is 1.27. The number of carbonyl (C=O) groups is 1. The maximum Gasteiger partial charge on any atom is 0.316 e. The van der Waals surface area contributed by atoms with Crippen molar-refractivity contribution in [1.82, 2.24) is 9.97 Å². The number of nitrogens with zero attached hydrogens (tertiary/aromatic N) is 3. The number of anilines is 2. The minimum atomic E-state index is -0.440. The van der Waals surface area contributed by atoms with E-state index < -0.39 is 5.41 Å². The maximum atomic E-state index is 13.1. The molecule has 2 aromatic heterocycles. The van der Waals surface area contributed by atoms with Crippen LogP contribution in [0.15, 0.2) is 82.4 Å². The van der Waals surface area contributed by atoms with E-state index >= 15 is 0 Å². The predicted octanol–water partition coefficient (Wildman–Crippen LogP) is 6.01. The number of amides is 1. The first-order chi connectivity index (χ1) is 19.6. The molecule has 9 nitrogen and oxygen atoms in total. The summed E-state index contributed by atoms with van der Waals surface area (Å²) in [7, 11) is 3.18. The van der Waals surface area contributed by atoms with E-state index in [1.807, 2.05) is 66.7 Å². The molecule has 1 aliphatic carbocycles. The van der Waals surface area contributed by atoms with E-state index in [-0.39, 0.29) is 11.9 Å². The fourth-order valence-electron chi connectivity index (χ4n) is 4.67. The van der Waals surface area contributed by atoms with Crippen LogP contribution < -0.4 is 20.2 Å². The third-order valence-electron chi connectivity index (χ3n) is 6.93. The van der Waals surface area contributed by atoms with E-state index in [1.165, 1.54) is 11.3 Å². The smallest absolute Gasteiger partial charge is 0.316 e. The SMILES string of the molecule is COc1ccc(/C=N/Nc2nc3c(Cc4cnc(NC(=O)C5(c6ccccc6)CC5)s4)cccc3o2)cc1OC. The molecule has 0 radical (unpaired) electrons. The third kappa shape index (κ3) is 5.13. The predicted molar refractivity (Wildman–Crippen MR) is 156 cm³/mol. The Labute approximate surface area is 234 Å². The molecule has 0 unspecified atom stereocenters. The molecule has 0 spiro atoms. The van der Waals surface area contributed by atoms with E-state index in [9.17, 15) is 4.79 Å². The molecule has 40 heavy (non-hydrogen) atoms. The van der Waals surface area contributed by atoms with Crippen LogP contribution in [0.5, 0.6) is 11.5 Å². The second kappa shape index (κ2) is 10.8. The number of carbonyl (C=O) groups excluding carboxylic acids is 1. The van der Waals surface area contributed by atoms with Crippen LogP contribution in [0.3, 0.4) is 0 Å². The molecular weight excluding hydrogens is 526 g/mol. The lowest BCUT2D eigenvalue weighted by Gasteiger charge is -2.14. The van der Waals surface area contributed by atoms with Crippen LogP contribution >= 0.6 is 11.3 Å². The van der Waals surface area contributed by atoms with E-state index in [0.717, 1.165) is 39.9 Å². The van der Waals surface area contributed by atoms with Gasteiger partial charge in [0.2, 0.25) is 5.91 Å². The summed E-state index contributed by atoms with van der Waals surface area (Å²) < 4.78 is 16.5. The Balaban J connectivity index is 1.13. The summed E-state index contributed by atoms with van der Waals surface area (Å²) in [6.45, 7) is 0. The van der Waals surface area contributed by atoms with Gasteiger partial charge in [-0.05, 0) is 53.8 Å². The Morgan fingerprint density at radius 3 is 2.67 bits per heavy atom. The van der Waals surface area contributed by atoms with Crippen molar-refractivity contribution in [2.45, 2.75) is 24.7 Å². The van der Waals surface area contributed by atoms with E-state index in [1.54, 1.807) is 26.6 Å². The Morgan fingerprint density at radius 1 is 1.07 bits per heavy atom. The summed E-state index contributed by atoms with van der Waals surface area (Å²) in [5.41, 5.74) is 6.68. The summed E-state index contributed by atoms with van der Waals surface area (Å²) in [6.07, 6.45) is 5.76. The number of hydrazone groups is 1. The van der Waals surface area contributed by atoms with Gasteiger partial charge in [0.1, 0.15) is 5.52 Å². The number of ether oxygens (including phenoxy) is 2. The molecule has 1 saturated carbocycles. The van der Waals surface area contributed by atoms with Crippen molar-refractivity contribution >= 4 is 45.7 Å². The van der Waals surface area contributed by atoms with Crippen LogP contribution in [0, 0.1) is 0 Å². The van der Waals surface area contributed by atoms with Gasteiger partial charge < -0.3 is 19.2 Å². The van der Waals surface area contributed by atoms with Crippen LogP contribution in [-0.2, 0) is 16.6 Å². The zero-order valence-electron chi connectivity index (χ0n) is 22.0. The highest BCUT2D eigenvalue weighted by Gasteiger charge is 2.51. The lowest BCUT2D eigenvalue weighted by atomic mass is 9.95. The molecule has 6 rings (SSSR count). The normalized spacial score (nSPS) is 13.8. The highest BCUT2D eigenvalue weighted by molar-refractivity contribution is 7.15. The average Bonchev–Trinajstić information content (AvgIpc) is 3.52. The Bertz CT molecular complexity index is 1690. The van der Waals surface area contributed by atoms with Gasteiger partial charge in [-0.1, -0.05) is 42.5 Å². The first kappa shape index (κ1) is 25.6. The van der Waals surface area contributed by atoms with Crippen molar-refractivity contribution in [3.63, 3.8) is 0 Å². The van der Waals surface area contributed by atoms with Crippen LogP contribution in [0.2, 0.25) is 0 Å². The van der Waals surface area contributed by atoms with Crippen molar-refractivity contribution in [3.8, 4) is 11.5 Å². The number of fused-ring (bicyclic) bond motifs is 1. The molecule has 3 aromatic carbocycles. The monoisotopic (exact) mass is 553 g/mol. The van der Waals surface area contributed by atoms with Gasteiger partial charge in [0.15, 0.2) is 22.2 Å². The average molecular weight is 554 g/mol. The summed E-state index contributed by atoms with van der Waals surface area (Å²) in [6, 6.07) is 21.5. The minimum absolute atomic E-state index is 0.00237. The van der Waals surface area contributed by atoms with Crippen molar-refractivity contribution in [1.29, 1.82) is 0 Å². The van der Waals surface area contributed by atoms with E-state index in [0.29, 0.717) is 28.6 Å². The lowest BCUT2D eigenvalue weighted by Crippen LogP contribution is -2.27. The fraction of sp³-hybridized carbons (Fsp3) is 0.200. The van der Waals surface area contributed by atoms with E-state index in [2.05, 4.69) is 25.8 Å². The largest absolute Gasteiger partial charge is 0.493 e. The van der Waals surface area contributed by atoms with Crippen LogP contribution in [0.25, 0.3) is 11.1 Å². The number of rotatable bonds is 10. The molecular formula is C30H27N5O4S. The standard InChI is InChI=1S/C30H27N5O4S/c1-37-23-12-11-19(15-25(23)38-2)17-32-35-28-33-26-20(7-6-10-24(26)39-28)16-22-18-31-29(40-22)34-27(36)30(13-14-30)21-8-4-3-5-9-21/h3-12,15,17-18H,13-14,16H2,1-2H3,(H,33,35)(H,31,34,36)/b32-17+. The zero-order chi connectivity index (χ0) is 27.5. The van der Waals surface area contributed by atoms with Crippen molar-refractivity contribution < 1.29 is 18.7 Å². The minimum Gasteiger partial charge on any atom is -0.493 e. The van der Waals surface area contributed by atoms with E-state index in [4.69, 9.17) is 13.9 Å². The highest BCUT2D eigenvalue weighted by Crippen LogP contribution is 2.49. The number of benzene rings is 3. The number of thiazole rings is 1. The molecule has 0 aliphatic heterocycles. The zero-order valence-corrected chi connectivity index (χ0v) is 22.8. The van der Waals surface area contributed by atoms with Gasteiger partial charge >= 0.3 is 6.01 Å². The number of oxazole rings is 1. The third-order valence-corrected chi connectivity index (χ3v) is 7.85. The molecule has 5 aromatic rings. The fourth-order valence-corrected chi connectivity index (χ4v) is 5.50. The van der Waals surface area contributed by atoms with Gasteiger partial charge in [-0.25, -0.2) is 10.4 Å². The van der Waals surface area contributed by atoms with Crippen molar-refractivity contribution in [3.05, 3.63) is 94.5 Å². The Hall–Kier alpha value is -4.70. The van der Waals surface area contributed by atoms with Gasteiger partial charge in [0, 0.05) is 17.5 Å². The maximum absolute atomic E-state index is 13.1. The van der Waals surface area contributed by atoms with Gasteiger partial charge in [0.25, 0.3) is 0 Å². The van der Waals surface area contributed by atoms with Crippen LogP contribution in [0.1, 0.15) is 34.4 Å². The van der Waals surface area contributed by atoms with Gasteiger partial charge in [-0.2, -0.15) is 10.1 Å². The number of para-hydroxylation sites is 1. The number of methoxy groups -OCH3 is 2. The second-order valence-corrected chi connectivity index (χ2v) is 10.6. The van der Waals surface area contributed by atoms with Gasteiger partial charge in [0.05, 0.1) is 25.8 Å². The first-order valence-electron chi connectivity index (χ1n) is 12.8. The lowest BCUT2D eigenvalue weighted by molar-refractivity contribution is -0.118. The molecule has 202 valence electrons. The van der Waals surface area contributed by atoms with Crippen molar-refractivity contribution in [2.24, 2.45) is 5.10 Å². The molecule has 1 amide bonds. The Morgan fingerprint density at radius 2 is 1.90 bits per heavy atom. The number of hydrogen-bond donors (Lipinski definition) is 2. The summed E-state index contributed by atoms with van der Waals surface area (Å²) in [4.78, 5) is 23.2. The molecule has 2 N–H and O–H groups in total. The number of hydrogen-bond acceptors (Lipinski definition) is 9. The molecule has 0 bridgehead atoms. The van der Waals surface area contributed by atoms with Crippen LogP contribution in [-0.4, -0.2) is 36.3 Å². The quantitative estimate of drug-likeness (QED) is 0.161. The van der Waals surface area contributed by atoms with Gasteiger partial charge in [-0.3, -0.25) is 4.79 Å². The molecule has 1 aliphatic rings. The highest BCUT2D eigenvalue weighted by atomic mass is 32.1.